The normalized spacial score (nSPS) is 41.9. The molecule has 1 heterocycles. The van der Waals surface area contributed by atoms with Crippen LogP contribution in [0.1, 0.15) is 13.8 Å². The molecule has 5 heteroatoms. The molecule has 1 aliphatic rings. The van der Waals surface area contributed by atoms with Crippen LogP contribution in [0.3, 0.4) is 0 Å². The molecule has 3 N–H and O–H groups in total. The average molecular weight is 189 g/mol. The number of carbonyl (C=O) groups excluding carboxylic acids is 1. The van der Waals surface area contributed by atoms with E-state index >= 15 is 0 Å². The van der Waals surface area contributed by atoms with Crippen molar-refractivity contribution in [3.05, 3.63) is 6.10 Å². The fourth-order valence-electron chi connectivity index (χ4n) is 1.25. The number of ketones is 1. The van der Waals surface area contributed by atoms with Crippen LogP contribution in [-0.2, 0) is 9.53 Å². The molecule has 1 radical (unpaired) electrons. The Morgan fingerprint density at radius 2 is 1.85 bits per heavy atom. The van der Waals surface area contributed by atoms with E-state index in [9.17, 15) is 20.1 Å². The molecule has 0 bridgehead atoms. The molecule has 0 aliphatic carbocycles. The summed E-state index contributed by atoms with van der Waals surface area (Å²) in [5, 5.41) is 27.8. The first kappa shape index (κ1) is 10.6. The lowest BCUT2D eigenvalue weighted by molar-refractivity contribution is -0.181. The molecule has 1 saturated heterocycles. The lowest BCUT2D eigenvalue weighted by Gasteiger charge is -2.37. The predicted molar refractivity (Wildman–Crippen MR) is 42.5 cm³/mol. The van der Waals surface area contributed by atoms with Crippen LogP contribution >= 0.6 is 0 Å². The number of hydrogen-bond acceptors (Lipinski definition) is 5. The van der Waals surface area contributed by atoms with Gasteiger partial charge < -0.3 is 20.1 Å². The maximum Gasteiger partial charge on any atom is 0.193 e. The summed E-state index contributed by atoms with van der Waals surface area (Å²) in [4.78, 5) is 10.9. The molecule has 1 rings (SSSR count). The SMILES string of the molecule is CC(=O)[C]1O[C@H](C)[C@H](O)[C@H](O)[C@H]1O. The van der Waals surface area contributed by atoms with Crippen LogP contribution in [0.25, 0.3) is 0 Å². The quantitative estimate of drug-likeness (QED) is 0.472. The maximum atomic E-state index is 10.9. The van der Waals surface area contributed by atoms with Gasteiger partial charge in [0.1, 0.15) is 18.3 Å². The van der Waals surface area contributed by atoms with E-state index in [-0.39, 0.29) is 6.10 Å². The van der Waals surface area contributed by atoms with Crippen molar-refractivity contribution in [3.63, 3.8) is 0 Å². The van der Waals surface area contributed by atoms with Crippen LogP contribution in [0, 0.1) is 6.10 Å². The van der Waals surface area contributed by atoms with Gasteiger partial charge >= 0.3 is 0 Å². The Balaban J connectivity index is 2.76. The standard InChI is InChI=1S/C8H13O5/c1-3(9)8-7(12)6(11)5(10)4(2)13-8/h4-7,10-12H,1-2H3/t4-,5+,6+,7-/m1/s1. The van der Waals surface area contributed by atoms with Gasteiger partial charge in [0, 0.05) is 0 Å². The van der Waals surface area contributed by atoms with E-state index in [2.05, 4.69) is 0 Å². The van der Waals surface area contributed by atoms with E-state index in [1.807, 2.05) is 0 Å². The minimum Gasteiger partial charge on any atom is -0.388 e. The first-order valence-electron chi connectivity index (χ1n) is 4.03. The van der Waals surface area contributed by atoms with Gasteiger partial charge in [-0.25, -0.2) is 0 Å². The topological polar surface area (TPSA) is 87.0 Å². The third-order valence-electron chi connectivity index (χ3n) is 2.08. The van der Waals surface area contributed by atoms with Gasteiger partial charge in [-0.3, -0.25) is 4.79 Å². The zero-order valence-corrected chi connectivity index (χ0v) is 7.47. The summed E-state index contributed by atoms with van der Waals surface area (Å²) in [7, 11) is 0. The Kier molecular flexibility index (Phi) is 3.02. The number of aliphatic hydroxyl groups excluding tert-OH is 3. The molecule has 1 aliphatic heterocycles. The van der Waals surface area contributed by atoms with Gasteiger partial charge in [0.05, 0.1) is 6.10 Å². The minimum absolute atomic E-state index is 0.190. The second-order valence-corrected chi connectivity index (χ2v) is 3.17. The molecule has 0 aromatic rings. The zero-order valence-electron chi connectivity index (χ0n) is 7.47. The predicted octanol–water partition coefficient (Wildman–Crippen LogP) is -1.39. The highest BCUT2D eigenvalue weighted by molar-refractivity contribution is 5.89. The zero-order chi connectivity index (χ0) is 10.2. The monoisotopic (exact) mass is 189 g/mol. The highest BCUT2D eigenvalue weighted by Gasteiger charge is 2.44. The third kappa shape index (κ3) is 1.88. The van der Waals surface area contributed by atoms with Gasteiger partial charge in [0.25, 0.3) is 0 Å². The van der Waals surface area contributed by atoms with Crippen molar-refractivity contribution in [2.75, 3.05) is 0 Å². The van der Waals surface area contributed by atoms with Crippen molar-refractivity contribution >= 4 is 5.78 Å². The third-order valence-corrected chi connectivity index (χ3v) is 2.08. The van der Waals surface area contributed by atoms with E-state index in [4.69, 9.17) is 4.74 Å². The van der Waals surface area contributed by atoms with Gasteiger partial charge in [-0.05, 0) is 13.8 Å². The van der Waals surface area contributed by atoms with Crippen LogP contribution in [0.15, 0.2) is 0 Å². The number of Topliss-reactive ketones (excluding diaryl/α,β-unsaturated/α-hetero) is 1. The average Bonchev–Trinajstić information content (AvgIpc) is 2.07. The van der Waals surface area contributed by atoms with Crippen LogP contribution in [0.2, 0.25) is 0 Å². The Bertz CT molecular complexity index is 205. The summed E-state index contributed by atoms with van der Waals surface area (Å²) in [6, 6.07) is 0. The number of rotatable bonds is 1. The molecule has 0 unspecified atom stereocenters. The fraction of sp³-hybridized carbons (Fsp3) is 0.750. The number of carbonyl (C=O) groups is 1. The van der Waals surface area contributed by atoms with E-state index in [1.165, 1.54) is 13.8 Å². The summed E-state index contributed by atoms with van der Waals surface area (Å²) in [5.41, 5.74) is 0. The smallest absolute Gasteiger partial charge is 0.193 e. The Labute approximate surface area is 75.9 Å². The van der Waals surface area contributed by atoms with E-state index in [0.29, 0.717) is 0 Å². The van der Waals surface area contributed by atoms with Crippen LogP contribution in [-0.4, -0.2) is 45.5 Å². The van der Waals surface area contributed by atoms with Crippen molar-refractivity contribution < 1.29 is 24.9 Å². The second kappa shape index (κ2) is 3.71. The van der Waals surface area contributed by atoms with Crippen molar-refractivity contribution in [1.29, 1.82) is 0 Å². The second-order valence-electron chi connectivity index (χ2n) is 3.17. The summed E-state index contributed by atoms with van der Waals surface area (Å²) in [5.74, 6) is -0.440. The molecule has 5 nitrogen and oxygen atoms in total. The molecule has 75 valence electrons. The Morgan fingerprint density at radius 1 is 1.31 bits per heavy atom. The van der Waals surface area contributed by atoms with Crippen LogP contribution in [0.5, 0.6) is 0 Å². The lowest BCUT2D eigenvalue weighted by Crippen LogP contribution is -2.54. The summed E-state index contributed by atoms with van der Waals surface area (Å²) in [6.45, 7) is 2.75. The van der Waals surface area contributed by atoms with Crippen molar-refractivity contribution in [2.45, 2.75) is 38.3 Å². The number of hydrogen-bond donors (Lipinski definition) is 3. The van der Waals surface area contributed by atoms with Gasteiger partial charge in [0.15, 0.2) is 11.9 Å². The summed E-state index contributed by atoms with van der Waals surface area (Å²) in [6.07, 6.45) is -4.83. The fourth-order valence-corrected chi connectivity index (χ4v) is 1.25. The van der Waals surface area contributed by atoms with Gasteiger partial charge in [0.2, 0.25) is 0 Å². The largest absolute Gasteiger partial charge is 0.388 e. The van der Waals surface area contributed by atoms with Gasteiger partial charge in [-0.1, -0.05) is 0 Å². The van der Waals surface area contributed by atoms with Crippen LogP contribution < -0.4 is 0 Å². The van der Waals surface area contributed by atoms with E-state index in [1.54, 1.807) is 0 Å². The first-order valence-corrected chi connectivity index (χ1v) is 4.03. The van der Waals surface area contributed by atoms with E-state index < -0.39 is 30.2 Å². The molecule has 0 aromatic carbocycles. The van der Waals surface area contributed by atoms with E-state index in [0.717, 1.165) is 0 Å². The molecule has 0 amide bonds. The Hall–Kier alpha value is -0.490. The molecule has 0 aromatic heterocycles. The first-order chi connectivity index (χ1) is 5.95. The lowest BCUT2D eigenvalue weighted by atomic mass is 9.94. The highest BCUT2D eigenvalue weighted by atomic mass is 16.5. The minimum atomic E-state index is -1.43. The maximum absolute atomic E-state index is 10.9. The molecule has 0 saturated carbocycles. The molecular formula is C8H13O5. The molecule has 1 fully saturated rings. The van der Waals surface area contributed by atoms with Crippen molar-refractivity contribution in [2.24, 2.45) is 0 Å². The van der Waals surface area contributed by atoms with Gasteiger partial charge in [-0.15, -0.1) is 0 Å². The molecule has 0 spiro atoms. The van der Waals surface area contributed by atoms with Crippen molar-refractivity contribution in [1.82, 2.24) is 0 Å². The number of aliphatic hydroxyl groups is 3. The Morgan fingerprint density at radius 3 is 2.31 bits per heavy atom. The molecular weight excluding hydrogens is 176 g/mol. The highest BCUT2D eigenvalue weighted by Crippen LogP contribution is 2.26. The van der Waals surface area contributed by atoms with Gasteiger partial charge in [-0.2, -0.15) is 0 Å². The molecule has 13 heavy (non-hydrogen) atoms. The van der Waals surface area contributed by atoms with Crippen molar-refractivity contribution in [3.8, 4) is 0 Å². The summed E-state index contributed by atoms with van der Waals surface area (Å²) >= 11 is 0. The molecule has 4 atom stereocenters. The summed E-state index contributed by atoms with van der Waals surface area (Å²) < 4.78 is 4.95. The number of ether oxygens (including phenoxy) is 1. The van der Waals surface area contributed by atoms with Crippen LogP contribution in [0.4, 0.5) is 0 Å².